The van der Waals surface area contributed by atoms with Crippen LogP contribution in [0.2, 0.25) is 0 Å². The Morgan fingerprint density at radius 3 is 2.56 bits per heavy atom. The molecule has 0 aromatic carbocycles. The van der Waals surface area contributed by atoms with Crippen LogP contribution in [0.5, 0.6) is 0 Å². The van der Waals surface area contributed by atoms with Crippen LogP contribution < -0.4 is 5.32 Å². The van der Waals surface area contributed by atoms with Crippen molar-refractivity contribution in [1.29, 1.82) is 0 Å². The molecule has 1 aliphatic carbocycles. The molecule has 2 N–H and O–H groups in total. The van der Waals surface area contributed by atoms with E-state index in [9.17, 15) is 14.0 Å². The first-order chi connectivity index (χ1) is 12.1. The van der Waals surface area contributed by atoms with Crippen molar-refractivity contribution in [2.75, 3.05) is 6.54 Å². The zero-order valence-corrected chi connectivity index (χ0v) is 14.3. The molecule has 2 saturated heterocycles. The molecule has 1 unspecified atom stereocenters. The zero-order valence-electron chi connectivity index (χ0n) is 14.3. The van der Waals surface area contributed by atoms with Gasteiger partial charge in [-0.25, -0.2) is 4.39 Å². The smallest absolute Gasteiger partial charge is 0.260 e. The van der Waals surface area contributed by atoms with Crippen LogP contribution in [0.3, 0.4) is 0 Å². The van der Waals surface area contributed by atoms with E-state index in [1.165, 1.54) is 6.20 Å². The Hall–Kier alpha value is -1.92. The number of aromatic nitrogens is 2. The first-order valence-corrected chi connectivity index (χ1v) is 9.35. The second kappa shape index (κ2) is 6.42. The molecule has 0 spiro atoms. The molecule has 136 valence electrons. The lowest BCUT2D eigenvalue weighted by Gasteiger charge is -2.41. The fourth-order valence-electron chi connectivity index (χ4n) is 4.88. The number of alkyl halides is 1. The summed E-state index contributed by atoms with van der Waals surface area (Å²) in [6, 6.07) is 0.269. The van der Waals surface area contributed by atoms with Crippen LogP contribution in [-0.2, 0) is 4.79 Å². The Balaban J connectivity index is 1.35. The molecule has 1 aromatic heterocycles. The van der Waals surface area contributed by atoms with E-state index in [1.54, 1.807) is 6.20 Å². The molecule has 2 bridgehead atoms. The summed E-state index contributed by atoms with van der Waals surface area (Å²) >= 11 is 0. The number of nitrogens with zero attached hydrogens (tertiary/aromatic N) is 2. The van der Waals surface area contributed by atoms with Gasteiger partial charge in [-0.3, -0.25) is 14.7 Å². The minimum absolute atomic E-state index is 0.131. The largest absolute Gasteiger partial charge is 0.352 e. The highest BCUT2D eigenvalue weighted by atomic mass is 19.1. The number of carbonyl (C=O) groups excluding carboxylic acids is 2. The zero-order chi connectivity index (χ0) is 17.4. The van der Waals surface area contributed by atoms with Gasteiger partial charge >= 0.3 is 0 Å². The van der Waals surface area contributed by atoms with E-state index < -0.39 is 5.67 Å². The van der Waals surface area contributed by atoms with Crippen molar-refractivity contribution in [2.24, 2.45) is 5.92 Å². The minimum Gasteiger partial charge on any atom is -0.352 e. The molecule has 7 heteroatoms. The maximum Gasteiger partial charge on any atom is 0.260 e. The number of hydrogen-bond donors (Lipinski definition) is 2. The molecule has 2 aliphatic heterocycles. The van der Waals surface area contributed by atoms with Gasteiger partial charge in [0.1, 0.15) is 0 Å². The Kier molecular flexibility index (Phi) is 4.25. The molecule has 3 atom stereocenters. The van der Waals surface area contributed by atoms with Crippen LogP contribution in [0, 0.1) is 5.92 Å². The maximum atomic E-state index is 14.9. The van der Waals surface area contributed by atoms with Crippen LogP contribution in [0.25, 0.3) is 0 Å². The van der Waals surface area contributed by atoms with Crippen molar-refractivity contribution in [3.8, 4) is 0 Å². The molecular weight excluding hydrogens is 323 g/mol. The molecule has 1 aromatic rings. The van der Waals surface area contributed by atoms with Crippen LogP contribution in [0.1, 0.15) is 61.7 Å². The molecule has 3 fully saturated rings. The first kappa shape index (κ1) is 16.5. The standard InChI is InChI=1S/C18H25FN4O2/c19-18(5-1-2-6-18)17(25)23-14-3-4-15(23)8-12(7-14)9-20-16(24)13-10-21-22-11-13/h10-12,14-15H,1-9H2,(H,20,24)(H,21,22)/t12?,14-,15+. The number of fused-ring (bicyclic) bond motifs is 2. The third-order valence-corrected chi connectivity index (χ3v) is 6.16. The van der Waals surface area contributed by atoms with Crippen molar-refractivity contribution in [3.05, 3.63) is 18.0 Å². The van der Waals surface area contributed by atoms with E-state index in [0.29, 0.717) is 30.9 Å². The van der Waals surface area contributed by atoms with Crippen LogP contribution >= 0.6 is 0 Å². The minimum atomic E-state index is -1.62. The number of carbonyl (C=O) groups is 2. The number of aromatic amines is 1. The molecule has 4 rings (SSSR count). The lowest BCUT2D eigenvalue weighted by Crippen LogP contribution is -2.54. The summed E-state index contributed by atoms with van der Waals surface area (Å²) in [5.41, 5.74) is -1.10. The fraction of sp³-hybridized carbons (Fsp3) is 0.722. The Labute approximate surface area is 146 Å². The van der Waals surface area contributed by atoms with Gasteiger partial charge in [-0.05, 0) is 57.3 Å². The van der Waals surface area contributed by atoms with E-state index in [4.69, 9.17) is 0 Å². The van der Waals surface area contributed by atoms with Gasteiger partial charge in [-0.15, -0.1) is 0 Å². The topological polar surface area (TPSA) is 78.1 Å². The summed E-state index contributed by atoms with van der Waals surface area (Å²) in [7, 11) is 0. The normalized spacial score (nSPS) is 30.4. The second-order valence-corrected chi connectivity index (χ2v) is 7.80. The highest BCUT2D eigenvalue weighted by Gasteiger charge is 2.51. The summed E-state index contributed by atoms with van der Waals surface area (Å²) in [6.07, 6.45) is 9.08. The van der Waals surface area contributed by atoms with Gasteiger partial charge in [0.15, 0.2) is 5.67 Å². The molecule has 1 saturated carbocycles. The lowest BCUT2D eigenvalue weighted by molar-refractivity contribution is -0.149. The third kappa shape index (κ3) is 3.04. The van der Waals surface area contributed by atoms with E-state index in [0.717, 1.165) is 38.5 Å². The van der Waals surface area contributed by atoms with E-state index in [-0.39, 0.29) is 23.9 Å². The average molecular weight is 348 g/mol. The average Bonchev–Trinajstić information content (AvgIpc) is 3.33. The summed E-state index contributed by atoms with van der Waals surface area (Å²) < 4.78 is 14.9. The van der Waals surface area contributed by atoms with Crippen LogP contribution in [0.4, 0.5) is 4.39 Å². The van der Waals surface area contributed by atoms with Gasteiger partial charge < -0.3 is 10.2 Å². The second-order valence-electron chi connectivity index (χ2n) is 7.80. The van der Waals surface area contributed by atoms with Gasteiger partial charge in [0.25, 0.3) is 11.8 Å². The van der Waals surface area contributed by atoms with Crippen molar-refractivity contribution in [3.63, 3.8) is 0 Å². The summed E-state index contributed by atoms with van der Waals surface area (Å²) in [5.74, 6) is -0.0526. The molecule has 6 nitrogen and oxygen atoms in total. The van der Waals surface area contributed by atoms with Crippen molar-refractivity contribution in [2.45, 2.75) is 69.1 Å². The van der Waals surface area contributed by atoms with Gasteiger partial charge in [0.2, 0.25) is 0 Å². The molecule has 2 amide bonds. The highest BCUT2D eigenvalue weighted by Crippen LogP contribution is 2.43. The fourth-order valence-corrected chi connectivity index (χ4v) is 4.88. The first-order valence-electron chi connectivity index (χ1n) is 9.35. The molecule has 3 aliphatic rings. The van der Waals surface area contributed by atoms with E-state index >= 15 is 0 Å². The Bertz CT molecular complexity index is 628. The monoisotopic (exact) mass is 348 g/mol. The quantitative estimate of drug-likeness (QED) is 0.875. The molecule has 0 radical (unpaired) electrons. The van der Waals surface area contributed by atoms with Crippen molar-refractivity contribution >= 4 is 11.8 Å². The van der Waals surface area contributed by atoms with E-state index in [1.807, 2.05) is 4.90 Å². The maximum absolute atomic E-state index is 14.9. The predicted octanol–water partition coefficient (Wildman–Crippen LogP) is 2.19. The third-order valence-electron chi connectivity index (χ3n) is 6.16. The van der Waals surface area contributed by atoms with Gasteiger partial charge in [-0.1, -0.05) is 0 Å². The predicted molar refractivity (Wildman–Crippen MR) is 89.6 cm³/mol. The summed E-state index contributed by atoms with van der Waals surface area (Å²) in [6.45, 7) is 0.597. The summed E-state index contributed by atoms with van der Waals surface area (Å²) in [4.78, 5) is 26.7. The number of H-pyrrole nitrogens is 1. The molecule has 3 heterocycles. The highest BCUT2D eigenvalue weighted by molar-refractivity contribution is 5.93. The number of halogens is 1. The lowest BCUT2D eigenvalue weighted by atomic mass is 9.88. The van der Waals surface area contributed by atoms with Crippen LogP contribution in [0.15, 0.2) is 12.4 Å². The summed E-state index contributed by atoms with van der Waals surface area (Å²) in [5, 5.41) is 9.36. The van der Waals surface area contributed by atoms with Crippen molar-refractivity contribution in [1.82, 2.24) is 20.4 Å². The van der Waals surface area contributed by atoms with Gasteiger partial charge in [0, 0.05) is 24.8 Å². The van der Waals surface area contributed by atoms with Crippen molar-refractivity contribution < 1.29 is 14.0 Å². The number of nitrogens with one attached hydrogen (secondary N) is 2. The number of amides is 2. The molecular formula is C18H25FN4O2. The Morgan fingerprint density at radius 1 is 1.28 bits per heavy atom. The molecule has 25 heavy (non-hydrogen) atoms. The van der Waals surface area contributed by atoms with E-state index in [2.05, 4.69) is 15.5 Å². The SMILES string of the molecule is O=C(NCC1C[C@H]2CC[C@@H](C1)N2C(=O)C1(F)CCCC1)c1cn[nH]c1. The number of piperidine rings is 1. The number of rotatable bonds is 4. The number of hydrogen-bond acceptors (Lipinski definition) is 3. The van der Waals surface area contributed by atoms with Gasteiger partial charge in [0.05, 0.1) is 11.8 Å². The van der Waals surface area contributed by atoms with Gasteiger partial charge in [-0.2, -0.15) is 5.10 Å². The van der Waals surface area contributed by atoms with Crippen LogP contribution in [-0.4, -0.2) is 51.2 Å². The Morgan fingerprint density at radius 2 is 1.96 bits per heavy atom.